The predicted octanol–water partition coefficient (Wildman–Crippen LogP) is 2.00. The van der Waals surface area contributed by atoms with Crippen LogP contribution in [-0.4, -0.2) is 48.3 Å². The lowest BCUT2D eigenvalue weighted by Gasteiger charge is -2.37. The van der Waals surface area contributed by atoms with E-state index in [4.69, 9.17) is 0 Å². The topological polar surface area (TPSA) is 35.5 Å². The Bertz CT molecular complexity index is 196. The molecule has 0 saturated carbocycles. The average Bonchev–Trinajstić information content (AvgIpc) is 2.28. The van der Waals surface area contributed by atoms with Crippen molar-refractivity contribution >= 4 is 0 Å². The summed E-state index contributed by atoms with van der Waals surface area (Å²) >= 11 is 0. The number of likely N-dealkylation sites (N-methyl/N-ethyl adjacent to an activating group) is 1. The molecule has 2 unspecified atom stereocenters. The van der Waals surface area contributed by atoms with E-state index in [1.807, 2.05) is 7.05 Å². The molecule has 0 aromatic heterocycles. The Balaban J connectivity index is 2.46. The van der Waals surface area contributed by atoms with Gasteiger partial charge in [-0.15, -0.1) is 0 Å². The number of nitrogens with one attached hydrogen (secondary N) is 1. The van der Waals surface area contributed by atoms with Gasteiger partial charge in [-0.05, 0) is 53.2 Å². The van der Waals surface area contributed by atoms with Gasteiger partial charge >= 0.3 is 0 Å². The van der Waals surface area contributed by atoms with Gasteiger partial charge in [0, 0.05) is 11.6 Å². The van der Waals surface area contributed by atoms with E-state index in [0.717, 1.165) is 6.42 Å². The number of aliphatic hydroxyl groups excluding tert-OH is 1. The van der Waals surface area contributed by atoms with Crippen molar-refractivity contribution in [2.24, 2.45) is 0 Å². The monoisotopic (exact) mass is 242 g/mol. The fourth-order valence-electron chi connectivity index (χ4n) is 2.74. The number of hydrogen-bond acceptors (Lipinski definition) is 3. The third-order valence-electron chi connectivity index (χ3n) is 4.21. The fraction of sp³-hybridized carbons (Fsp3) is 1.00. The van der Waals surface area contributed by atoms with E-state index < -0.39 is 0 Å². The molecule has 0 amide bonds. The summed E-state index contributed by atoms with van der Waals surface area (Å²) in [5.74, 6) is 0. The number of rotatable bonds is 5. The lowest BCUT2D eigenvalue weighted by molar-refractivity contribution is 0.114. The highest BCUT2D eigenvalue weighted by Gasteiger charge is 2.26. The maximum atomic E-state index is 9.45. The molecule has 3 heteroatoms. The Morgan fingerprint density at radius 2 is 1.71 bits per heavy atom. The second kappa shape index (κ2) is 7.34. The zero-order valence-electron chi connectivity index (χ0n) is 11.8. The van der Waals surface area contributed by atoms with Gasteiger partial charge in [0.15, 0.2) is 0 Å². The van der Waals surface area contributed by atoms with E-state index in [-0.39, 0.29) is 12.1 Å². The van der Waals surface area contributed by atoms with Crippen LogP contribution in [0.2, 0.25) is 0 Å². The van der Waals surface area contributed by atoms with Gasteiger partial charge in [-0.1, -0.05) is 19.3 Å². The zero-order chi connectivity index (χ0) is 12.7. The quantitative estimate of drug-likeness (QED) is 0.774. The molecule has 1 saturated heterocycles. The first-order chi connectivity index (χ1) is 8.11. The van der Waals surface area contributed by atoms with Crippen molar-refractivity contribution in [1.29, 1.82) is 0 Å². The summed E-state index contributed by atoms with van der Waals surface area (Å²) in [6.07, 6.45) is 7.85. The summed E-state index contributed by atoms with van der Waals surface area (Å²) in [6, 6.07) is 0.553. The summed E-state index contributed by atoms with van der Waals surface area (Å²) in [7, 11) is 1.94. The highest BCUT2D eigenvalue weighted by molar-refractivity contribution is 4.86. The van der Waals surface area contributed by atoms with Crippen LogP contribution in [0.25, 0.3) is 0 Å². The largest absolute Gasteiger partial charge is 0.394 e. The maximum absolute atomic E-state index is 9.45. The molecule has 2 N–H and O–H groups in total. The fourth-order valence-corrected chi connectivity index (χ4v) is 2.74. The summed E-state index contributed by atoms with van der Waals surface area (Å²) in [4.78, 5) is 2.60. The first-order valence-corrected chi connectivity index (χ1v) is 7.15. The number of aliphatic hydroxyl groups is 1. The molecule has 1 aliphatic rings. The summed E-state index contributed by atoms with van der Waals surface area (Å²) in [6.45, 7) is 7.07. The van der Waals surface area contributed by atoms with Crippen LogP contribution < -0.4 is 5.32 Å². The summed E-state index contributed by atoms with van der Waals surface area (Å²) in [5, 5.41) is 12.7. The molecule has 102 valence electrons. The van der Waals surface area contributed by atoms with Gasteiger partial charge in [0.2, 0.25) is 0 Å². The minimum absolute atomic E-state index is 0.137. The van der Waals surface area contributed by atoms with Crippen molar-refractivity contribution in [3.05, 3.63) is 0 Å². The smallest absolute Gasteiger partial charge is 0.0611 e. The lowest BCUT2D eigenvalue weighted by Crippen LogP contribution is -2.49. The van der Waals surface area contributed by atoms with E-state index in [2.05, 4.69) is 24.1 Å². The summed E-state index contributed by atoms with van der Waals surface area (Å²) < 4.78 is 0. The normalized spacial score (nSPS) is 24.7. The van der Waals surface area contributed by atoms with Crippen LogP contribution >= 0.6 is 0 Å². The van der Waals surface area contributed by atoms with E-state index >= 15 is 0 Å². The van der Waals surface area contributed by atoms with E-state index in [1.165, 1.54) is 45.2 Å². The number of nitrogens with zero attached hydrogens (tertiary/aromatic N) is 1. The Morgan fingerprint density at radius 1 is 1.18 bits per heavy atom. The number of hydrogen-bond donors (Lipinski definition) is 2. The molecule has 0 aromatic rings. The molecular weight excluding hydrogens is 212 g/mol. The standard InChI is InChI=1S/C14H30N2O/c1-13(11-14(2,12-17)15-3)16-9-7-5-4-6-8-10-16/h13,15,17H,4-12H2,1-3H3. The molecule has 0 spiro atoms. The van der Waals surface area contributed by atoms with Crippen molar-refractivity contribution in [3.8, 4) is 0 Å². The van der Waals surface area contributed by atoms with Crippen molar-refractivity contribution in [3.63, 3.8) is 0 Å². The lowest BCUT2D eigenvalue weighted by atomic mass is 9.93. The highest BCUT2D eigenvalue weighted by Crippen LogP contribution is 2.19. The predicted molar refractivity (Wildman–Crippen MR) is 73.3 cm³/mol. The Kier molecular flexibility index (Phi) is 6.45. The molecule has 1 fully saturated rings. The van der Waals surface area contributed by atoms with Gasteiger partial charge in [0.05, 0.1) is 6.61 Å². The molecule has 0 aromatic carbocycles. The third kappa shape index (κ3) is 4.94. The van der Waals surface area contributed by atoms with Gasteiger partial charge in [0.1, 0.15) is 0 Å². The van der Waals surface area contributed by atoms with Gasteiger partial charge in [-0.25, -0.2) is 0 Å². The van der Waals surface area contributed by atoms with Crippen LogP contribution in [0.1, 0.15) is 52.4 Å². The molecule has 17 heavy (non-hydrogen) atoms. The van der Waals surface area contributed by atoms with E-state index in [9.17, 15) is 5.11 Å². The summed E-state index contributed by atoms with van der Waals surface area (Å²) in [5.41, 5.74) is -0.137. The van der Waals surface area contributed by atoms with Crippen molar-refractivity contribution in [1.82, 2.24) is 10.2 Å². The highest BCUT2D eigenvalue weighted by atomic mass is 16.3. The zero-order valence-corrected chi connectivity index (χ0v) is 11.8. The average molecular weight is 242 g/mol. The number of likely N-dealkylation sites (tertiary alicyclic amines) is 1. The van der Waals surface area contributed by atoms with Crippen molar-refractivity contribution < 1.29 is 5.11 Å². The molecule has 0 bridgehead atoms. The SMILES string of the molecule is CNC(C)(CO)CC(C)N1CCCCCCC1. The van der Waals surface area contributed by atoms with Crippen LogP contribution in [0.4, 0.5) is 0 Å². The Morgan fingerprint density at radius 3 is 2.18 bits per heavy atom. The Labute approximate surface area is 107 Å². The van der Waals surface area contributed by atoms with Crippen LogP contribution in [-0.2, 0) is 0 Å². The molecule has 1 heterocycles. The van der Waals surface area contributed by atoms with Crippen LogP contribution in [0, 0.1) is 0 Å². The minimum Gasteiger partial charge on any atom is -0.394 e. The van der Waals surface area contributed by atoms with Gasteiger partial charge in [0.25, 0.3) is 0 Å². The van der Waals surface area contributed by atoms with Crippen LogP contribution in [0.5, 0.6) is 0 Å². The van der Waals surface area contributed by atoms with Gasteiger partial charge in [-0.2, -0.15) is 0 Å². The minimum atomic E-state index is -0.137. The first kappa shape index (κ1) is 14.9. The van der Waals surface area contributed by atoms with E-state index in [0.29, 0.717) is 6.04 Å². The van der Waals surface area contributed by atoms with Crippen LogP contribution in [0.3, 0.4) is 0 Å². The molecule has 0 radical (unpaired) electrons. The second-order valence-corrected chi connectivity index (χ2v) is 5.83. The first-order valence-electron chi connectivity index (χ1n) is 7.15. The third-order valence-corrected chi connectivity index (χ3v) is 4.21. The second-order valence-electron chi connectivity index (χ2n) is 5.83. The Hall–Kier alpha value is -0.120. The van der Waals surface area contributed by atoms with Crippen molar-refractivity contribution in [2.75, 3.05) is 26.7 Å². The van der Waals surface area contributed by atoms with Crippen molar-refractivity contribution in [2.45, 2.75) is 64.0 Å². The van der Waals surface area contributed by atoms with E-state index in [1.54, 1.807) is 0 Å². The molecule has 2 atom stereocenters. The molecule has 0 aliphatic carbocycles. The molecule has 1 aliphatic heterocycles. The van der Waals surface area contributed by atoms with Crippen LogP contribution in [0.15, 0.2) is 0 Å². The maximum Gasteiger partial charge on any atom is 0.0611 e. The molecular formula is C14H30N2O. The van der Waals surface area contributed by atoms with Gasteiger partial charge in [-0.3, -0.25) is 0 Å². The molecule has 3 nitrogen and oxygen atoms in total. The molecule has 1 rings (SSSR count). The van der Waals surface area contributed by atoms with Gasteiger partial charge < -0.3 is 15.3 Å².